The topological polar surface area (TPSA) is 54.4 Å². The van der Waals surface area contributed by atoms with Gasteiger partial charge in [0.1, 0.15) is 0 Å². The molecule has 0 saturated carbocycles. The zero-order chi connectivity index (χ0) is 9.90. The summed E-state index contributed by atoms with van der Waals surface area (Å²) in [6.45, 7) is 3.50. The predicted molar refractivity (Wildman–Crippen MR) is 61.3 cm³/mol. The van der Waals surface area contributed by atoms with Gasteiger partial charge >= 0.3 is 0 Å². The average molecular weight is 232 g/mol. The Balaban J connectivity index is 0.00000169. The SMILES string of the molecule is C=CCc1ccccc1S(=O)(=O)O.P. The molecule has 0 saturated heterocycles. The largest absolute Gasteiger partial charge is 0.294 e. The van der Waals surface area contributed by atoms with Crippen LogP contribution in [0.4, 0.5) is 0 Å². The molecule has 0 fully saturated rings. The summed E-state index contributed by atoms with van der Waals surface area (Å²) in [5.41, 5.74) is 0.556. The van der Waals surface area contributed by atoms with E-state index in [1.165, 1.54) is 6.07 Å². The Morgan fingerprint density at radius 2 is 1.93 bits per heavy atom. The predicted octanol–water partition coefficient (Wildman–Crippen LogP) is 1.72. The lowest BCUT2D eigenvalue weighted by Gasteiger charge is -2.02. The van der Waals surface area contributed by atoms with E-state index >= 15 is 0 Å². The van der Waals surface area contributed by atoms with E-state index in [4.69, 9.17) is 4.55 Å². The molecule has 0 radical (unpaired) electrons. The quantitative estimate of drug-likeness (QED) is 0.490. The van der Waals surface area contributed by atoms with Gasteiger partial charge in [-0.05, 0) is 18.1 Å². The maximum absolute atomic E-state index is 10.8. The van der Waals surface area contributed by atoms with Crippen LogP contribution in [-0.2, 0) is 16.5 Å². The first-order valence-electron chi connectivity index (χ1n) is 3.72. The molecule has 1 aromatic rings. The highest BCUT2D eigenvalue weighted by Crippen LogP contribution is 2.15. The van der Waals surface area contributed by atoms with Gasteiger partial charge in [0.25, 0.3) is 10.1 Å². The number of rotatable bonds is 3. The van der Waals surface area contributed by atoms with Crippen LogP contribution in [0.3, 0.4) is 0 Å². The van der Waals surface area contributed by atoms with Crippen molar-refractivity contribution < 1.29 is 13.0 Å². The van der Waals surface area contributed by atoms with Gasteiger partial charge in [-0.3, -0.25) is 4.55 Å². The van der Waals surface area contributed by atoms with Crippen molar-refractivity contribution in [1.29, 1.82) is 0 Å². The van der Waals surface area contributed by atoms with Crippen LogP contribution in [0.25, 0.3) is 0 Å². The van der Waals surface area contributed by atoms with E-state index in [-0.39, 0.29) is 14.8 Å². The van der Waals surface area contributed by atoms with Crippen LogP contribution in [-0.4, -0.2) is 13.0 Å². The molecule has 0 amide bonds. The number of hydrogen-bond acceptors (Lipinski definition) is 2. The van der Waals surface area contributed by atoms with Gasteiger partial charge in [0, 0.05) is 0 Å². The maximum atomic E-state index is 10.8. The highest BCUT2D eigenvalue weighted by Gasteiger charge is 2.12. The standard InChI is InChI=1S/C9H10O3S.H3P/c1-2-5-8-6-3-4-7-9(8)13(10,11)12;/h2-4,6-7H,1,5H2,(H,10,11,12);1H3. The van der Waals surface area contributed by atoms with Crippen LogP contribution in [0.1, 0.15) is 5.56 Å². The third kappa shape index (κ3) is 3.22. The second-order valence-electron chi connectivity index (χ2n) is 2.58. The van der Waals surface area contributed by atoms with Crippen molar-refractivity contribution in [2.45, 2.75) is 11.3 Å². The molecule has 1 unspecified atom stereocenters. The van der Waals surface area contributed by atoms with Crippen molar-refractivity contribution in [1.82, 2.24) is 0 Å². The van der Waals surface area contributed by atoms with Crippen LogP contribution < -0.4 is 0 Å². The molecule has 0 aliphatic rings. The Morgan fingerprint density at radius 1 is 1.36 bits per heavy atom. The van der Waals surface area contributed by atoms with E-state index in [1.54, 1.807) is 24.3 Å². The summed E-state index contributed by atoms with van der Waals surface area (Å²) in [5, 5.41) is 0. The summed E-state index contributed by atoms with van der Waals surface area (Å²) in [6, 6.07) is 6.29. The molecule has 5 heteroatoms. The number of allylic oxidation sites excluding steroid dienone is 1. The monoisotopic (exact) mass is 232 g/mol. The van der Waals surface area contributed by atoms with Gasteiger partial charge in [0.15, 0.2) is 0 Å². The van der Waals surface area contributed by atoms with Crippen molar-refractivity contribution >= 4 is 20.0 Å². The lowest BCUT2D eigenvalue weighted by Crippen LogP contribution is -2.02. The molecule has 0 aliphatic heterocycles. The zero-order valence-electron chi connectivity index (χ0n) is 7.68. The van der Waals surface area contributed by atoms with E-state index in [0.717, 1.165) is 0 Å². The van der Waals surface area contributed by atoms with Crippen LogP contribution in [0, 0.1) is 0 Å². The van der Waals surface area contributed by atoms with E-state index in [0.29, 0.717) is 12.0 Å². The summed E-state index contributed by atoms with van der Waals surface area (Å²) < 4.78 is 30.5. The van der Waals surface area contributed by atoms with Gasteiger partial charge in [-0.1, -0.05) is 24.3 Å². The van der Waals surface area contributed by atoms with Crippen LogP contribution in [0.15, 0.2) is 41.8 Å². The number of benzene rings is 1. The van der Waals surface area contributed by atoms with Gasteiger partial charge in [-0.15, -0.1) is 6.58 Å². The summed E-state index contributed by atoms with van der Waals surface area (Å²) in [6.07, 6.45) is 2.01. The van der Waals surface area contributed by atoms with E-state index in [1.807, 2.05) is 0 Å². The molecule has 3 nitrogen and oxygen atoms in total. The second-order valence-corrected chi connectivity index (χ2v) is 3.97. The smallest absolute Gasteiger partial charge is 0.282 e. The summed E-state index contributed by atoms with van der Waals surface area (Å²) in [5.74, 6) is 0. The zero-order valence-corrected chi connectivity index (χ0v) is 9.91. The summed E-state index contributed by atoms with van der Waals surface area (Å²) >= 11 is 0. The van der Waals surface area contributed by atoms with Gasteiger partial charge in [0.05, 0.1) is 4.90 Å². The highest BCUT2D eigenvalue weighted by molar-refractivity contribution is 7.85. The summed E-state index contributed by atoms with van der Waals surface area (Å²) in [7, 11) is -4.10. The van der Waals surface area contributed by atoms with E-state index in [9.17, 15) is 8.42 Å². The molecule has 0 aromatic heterocycles. The highest BCUT2D eigenvalue weighted by atomic mass is 32.2. The Morgan fingerprint density at radius 3 is 2.43 bits per heavy atom. The van der Waals surface area contributed by atoms with Crippen molar-refractivity contribution in [2.75, 3.05) is 0 Å². The Kier molecular flexibility index (Phi) is 4.99. The Bertz CT molecular complexity index is 412. The first-order chi connectivity index (χ1) is 6.05. The van der Waals surface area contributed by atoms with Crippen LogP contribution in [0.5, 0.6) is 0 Å². The molecule has 0 heterocycles. The number of hydrogen-bond donors (Lipinski definition) is 1. The molecule has 0 bridgehead atoms. The van der Waals surface area contributed by atoms with Gasteiger partial charge in [0.2, 0.25) is 0 Å². The first kappa shape index (κ1) is 13.3. The van der Waals surface area contributed by atoms with Crippen molar-refractivity contribution in [3.8, 4) is 0 Å². The van der Waals surface area contributed by atoms with Crippen molar-refractivity contribution in [3.05, 3.63) is 42.5 Å². The van der Waals surface area contributed by atoms with Crippen LogP contribution >= 0.6 is 9.90 Å². The third-order valence-electron chi connectivity index (χ3n) is 1.61. The maximum Gasteiger partial charge on any atom is 0.294 e. The fourth-order valence-electron chi connectivity index (χ4n) is 1.08. The van der Waals surface area contributed by atoms with E-state index < -0.39 is 10.1 Å². The van der Waals surface area contributed by atoms with Crippen molar-refractivity contribution in [3.63, 3.8) is 0 Å². The van der Waals surface area contributed by atoms with Gasteiger partial charge < -0.3 is 0 Å². The normalized spacial score (nSPS) is 10.4. The third-order valence-corrected chi connectivity index (χ3v) is 2.57. The fourth-order valence-corrected chi connectivity index (χ4v) is 1.81. The van der Waals surface area contributed by atoms with E-state index in [2.05, 4.69) is 6.58 Å². The lowest BCUT2D eigenvalue weighted by atomic mass is 10.1. The molecule has 1 rings (SSSR count). The molecular formula is C9H13O3PS. The first-order valence-corrected chi connectivity index (χ1v) is 5.16. The van der Waals surface area contributed by atoms with Crippen LogP contribution in [0.2, 0.25) is 0 Å². The Hall–Kier alpha value is -0.700. The molecule has 1 N–H and O–H groups in total. The molecule has 78 valence electrons. The lowest BCUT2D eigenvalue weighted by molar-refractivity contribution is 0.482. The Labute approximate surface area is 87.2 Å². The fraction of sp³-hybridized carbons (Fsp3) is 0.111. The molecule has 1 aromatic carbocycles. The second kappa shape index (κ2) is 5.25. The molecule has 0 aliphatic carbocycles. The van der Waals surface area contributed by atoms with Gasteiger partial charge in [-0.25, -0.2) is 0 Å². The molecule has 0 spiro atoms. The minimum Gasteiger partial charge on any atom is -0.282 e. The van der Waals surface area contributed by atoms with Gasteiger partial charge in [-0.2, -0.15) is 18.3 Å². The minimum atomic E-state index is -4.10. The molecular weight excluding hydrogens is 219 g/mol. The minimum absolute atomic E-state index is 0. The summed E-state index contributed by atoms with van der Waals surface area (Å²) in [4.78, 5) is -0.0464. The average Bonchev–Trinajstić information content (AvgIpc) is 2.04. The molecule has 1 atom stereocenters. The van der Waals surface area contributed by atoms with Crippen molar-refractivity contribution in [2.24, 2.45) is 0 Å². The molecule has 14 heavy (non-hydrogen) atoms.